The van der Waals surface area contributed by atoms with Crippen LogP contribution in [0.3, 0.4) is 0 Å². The summed E-state index contributed by atoms with van der Waals surface area (Å²) in [4.78, 5) is 37.8. The van der Waals surface area contributed by atoms with Crippen LogP contribution in [-0.2, 0) is 21.7 Å². The van der Waals surface area contributed by atoms with E-state index in [4.69, 9.17) is 0 Å². The van der Waals surface area contributed by atoms with E-state index in [1.807, 2.05) is 0 Å². The average Bonchev–Trinajstić information content (AvgIpc) is 2.93. The van der Waals surface area contributed by atoms with E-state index < -0.39 is 48.2 Å². The minimum absolute atomic E-state index is 0.0118. The van der Waals surface area contributed by atoms with Gasteiger partial charge in [-0.05, 0) is 42.3 Å². The minimum atomic E-state index is -2.95. The number of hydrogen-bond acceptors (Lipinski definition) is 4. The van der Waals surface area contributed by atoms with Crippen LogP contribution in [0.5, 0.6) is 5.75 Å². The molecule has 164 valence electrons. The summed E-state index contributed by atoms with van der Waals surface area (Å²) >= 11 is 0. The van der Waals surface area contributed by atoms with Crippen LogP contribution < -0.4 is 15.4 Å². The van der Waals surface area contributed by atoms with Gasteiger partial charge in [0.05, 0.1) is 0 Å². The third-order valence-electron chi connectivity index (χ3n) is 4.71. The van der Waals surface area contributed by atoms with Crippen molar-refractivity contribution >= 4 is 17.8 Å². The number of nitrogens with zero attached hydrogens (tertiary/aromatic N) is 1. The quantitative estimate of drug-likeness (QED) is 0.513. The number of halogens is 4. The summed E-state index contributed by atoms with van der Waals surface area (Å²) < 4.78 is 55.3. The SMILES string of the molecule is CC1(c2ccc(F)c(F)c2)NC(=O)N(CC(=O)NCc2ccc(OC(F)F)cc2)C1=O. The molecular weight excluding hydrogens is 422 g/mol. The van der Waals surface area contributed by atoms with E-state index in [1.54, 1.807) is 0 Å². The zero-order valence-electron chi connectivity index (χ0n) is 16.1. The Morgan fingerprint density at radius 1 is 1.13 bits per heavy atom. The Hall–Kier alpha value is -3.63. The van der Waals surface area contributed by atoms with Gasteiger partial charge in [0.2, 0.25) is 5.91 Å². The normalized spacial score (nSPS) is 18.3. The van der Waals surface area contributed by atoms with Crippen molar-refractivity contribution < 1.29 is 36.7 Å². The molecule has 2 aromatic rings. The summed E-state index contributed by atoms with van der Waals surface area (Å²) in [5, 5.41) is 4.89. The maximum Gasteiger partial charge on any atom is 0.387 e. The predicted octanol–water partition coefficient (Wildman–Crippen LogP) is 2.65. The van der Waals surface area contributed by atoms with Crippen molar-refractivity contribution in [3.05, 3.63) is 65.2 Å². The molecule has 0 aliphatic carbocycles. The highest BCUT2D eigenvalue weighted by atomic mass is 19.3. The fraction of sp³-hybridized carbons (Fsp3) is 0.250. The summed E-state index contributed by atoms with van der Waals surface area (Å²) in [6, 6.07) is 7.48. The molecule has 7 nitrogen and oxygen atoms in total. The molecule has 1 aliphatic rings. The number of hydrogen-bond donors (Lipinski definition) is 2. The smallest absolute Gasteiger partial charge is 0.387 e. The molecule has 0 radical (unpaired) electrons. The van der Waals surface area contributed by atoms with Crippen LogP contribution in [0.25, 0.3) is 0 Å². The van der Waals surface area contributed by atoms with Crippen LogP contribution in [0.1, 0.15) is 18.1 Å². The standard InChI is InChI=1S/C20H17F4N3O4/c1-20(12-4-7-14(21)15(22)8-12)17(29)27(19(30)26-20)10-16(28)25-9-11-2-5-13(6-3-11)31-18(23)24/h2-8,18H,9-10H2,1H3,(H,25,28)(H,26,30). The van der Waals surface area contributed by atoms with E-state index in [0.29, 0.717) is 10.5 Å². The monoisotopic (exact) mass is 439 g/mol. The Morgan fingerprint density at radius 3 is 2.42 bits per heavy atom. The van der Waals surface area contributed by atoms with Crippen LogP contribution >= 0.6 is 0 Å². The molecule has 1 heterocycles. The molecule has 3 rings (SSSR count). The van der Waals surface area contributed by atoms with Gasteiger partial charge in [-0.25, -0.2) is 13.6 Å². The summed E-state index contributed by atoms with van der Waals surface area (Å²) in [5.74, 6) is -3.78. The Bertz CT molecular complexity index is 1020. The van der Waals surface area contributed by atoms with Crippen LogP contribution in [0, 0.1) is 11.6 Å². The molecule has 0 saturated carbocycles. The summed E-state index contributed by atoms with van der Waals surface area (Å²) in [6.07, 6.45) is 0. The van der Waals surface area contributed by atoms with Gasteiger partial charge in [-0.1, -0.05) is 18.2 Å². The summed E-state index contributed by atoms with van der Waals surface area (Å²) in [6.45, 7) is -2.22. The highest BCUT2D eigenvalue weighted by Gasteiger charge is 2.49. The van der Waals surface area contributed by atoms with Gasteiger partial charge in [0.1, 0.15) is 17.8 Å². The van der Waals surface area contributed by atoms with E-state index in [-0.39, 0.29) is 17.9 Å². The second kappa shape index (κ2) is 8.62. The van der Waals surface area contributed by atoms with E-state index >= 15 is 0 Å². The second-order valence-electron chi connectivity index (χ2n) is 6.87. The van der Waals surface area contributed by atoms with E-state index in [1.165, 1.54) is 37.3 Å². The van der Waals surface area contributed by atoms with Crippen molar-refractivity contribution in [3.63, 3.8) is 0 Å². The molecule has 1 fully saturated rings. The Morgan fingerprint density at radius 2 is 1.81 bits per heavy atom. The number of carbonyl (C=O) groups is 3. The molecule has 1 atom stereocenters. The van der Waals surface area contributed by atoms with Crippen LogP contribution in [0.4, 0.5) is 22.4 Å². The Balaban J connectivity index is 1.61. The lowest BCUT2D eigenvalue weighted by Gasteiger charge is -2.22. The number of nitrogens with one attached hydrogen (secondary N) is 2. The number of rotatable bonds is 7. The molecule has 2 N–H and O–H groups in total. The highest BCUT2D eigenvalue weighted by molar-refractivity contribution is 6.09. The number of alkyl halides is 2. The third-order valence-corrected chi connectivity index (χ3v) is 4.71. The number of benzene rings is 2. The van der Waals surface area contributed by atoms with Crippen molar-refractivity contribution in [1.82, 2.24) is 15.5 Å². The maximum atomic E-state index is 13.6. The molecular formula is C20H17F4N3O4. The minimum Gasteiger partial charge on any atom is -0.435 e. The van der Waals surface area contributed by atoms with Gasteiger partial charge in [0.15, 0.2) is 11.6 Å². The van der Waals surface area contributed by atoms with Gasteiger partial charge in [-0.15, -0.1) is 0 Å². The Kier molecular flexibility index (Phi) is 6.14. The van der Waals surface area contributed by atoms with Crippen molar-refractivity contribution in [2.75, 3.05) is 6.54 Å². The summed E-state index contributed by atoms with van der Waals surface area (Å²) in [7, 11) is 0. The lowest BCUT2D eigenvalue weighted by Crippen LogP contribution is -2.43. The predicted molar refractivity (Wildman–Crippen MR) is 98.9 cm³/mol. The third kappa shape index (κ3) is 4.76. The number of imide groups is 1. The number of carbonyl (C=O) groups excluding carboxylic acids is 3. The first-order valence-electron chi connectivity index (χ1n) is 9.00. The highest BCUT2D eigenvalue weighted by Crippen LogP contribution is 2.29. The lowest BCUT2D eigenvalue weighted by atomic mass is 9.92. The first-order valence-corrected chi connectivity index (χ1v) is 9.00. The maximum absolute atomic E-state index is 13.6. The van der Waals surface area contributed by atoms with Crippen molar-refractivity contribution in [1.29, 1.82) is 0 Å². The molecule has 0 bridgehead atoms. The fourth-order valence-electron chi connectivity index (χ4n) is 3.03. The Labute approximate surface area is 174 Å². The zero-order valence-corrected chi connectivity index (χ0v) is 16.1. The summed E-state index contributed by atoms with van der Waals surface area (Å²) in [5.41, 5.74) is -1.07. The molecule has 2 aromatic carbocycles. The second-order valence-corrected chi connectivity index (χ2v) is 6.87. The number of amides is 4. The van der Waals surface area contributed by atoms with Gasteiger partial charge in [-0.2, -0.15) is 8.78 Å². The van der Waals surface area contributed by atoms with Crippen molar-refractivity contribution in [3.8, 4) is 5.75 Å². The first kappa shape index (κ1) is 22.1. The van der Waals surface area contributed by atoms with E-state index in [2.05, 4.69) is 15.4 Å². The molecule has 1 unspecified atom stereocenters. The van der Waals surface area contributed by atoms with Crippen LogP contribution in [0.15, 0.2) is 42.5 Å². The molecule has 0 spiro atoms. The zero-order chi connectivity index (χ0) is 22.8. The molecule has 31 heavy (non-hydrogen) atoms. The molecule has 0 aromatic heterocycles. The lowest BCUT2D eigenvalue weighted by molar-refractivity contribution is -0.134. The number of ether oxygens (including phenoxy) is 1. The van der Waals surface area contributed by atoms with Gasteiger partial charge in [-0.3, -0.25) is 14.5 Å². The van der Waals surface area contributed by atoms with Crippen LogP contribution in [0.2, 0.25) is 0 Å². The molecule has 4 amide bonds. The van der Waals surface area contributed by atoms with Crippen molar-refractivity contribution in [2.45, 2.75) is 25.6 Å². The topological polar surface area (TPSA) is 87.7 Å². The van der Waals surface area contributed by atoms with Crippen LogP contribution in [-0.4, -0.2) is 35.9 Å². The van der Waals surface area contributed by atoms with Gasteiger partial charge in [0.25, 0.3) is 5.91 Å². The van der Waals surface area contributed by atoms with E-state index in [9.17, 15) is 31.9 Å². The molecule has 11 heteroatoms. The molecule has 1 aliphatic heterocycles. The fourth-order valence-corrected chi connectivity index (χ4v) is 3.03. The van der Waals surface area contributed by atoms with Gasteiger partial charge in [0, 0.05) is 6.54 Å². The molecule has 1 saturated heterocycles. The van der Waals surface area contributed by atoms with Gasteiger partial charge >= 0.3 is 12.6 Å². The van der Waals surface area contributed by atoms with Gasteiger partial charge < -0.3 is 15.4 Å². The van der Waals surface area contributed by atoms with E-state index in [0.717, 1.165) is 12.1 Å². The number of urea groups is 1. The van der Waals surface area contributed by atoms with Crippen molar-refractivity contribution in [2.24, 2.45) is 0 Å². The average molecular weight is 439 g/mol. The largest absolute Gasteiger partial charge is 0.435 e. The first-order chi connectivity index (χ1) is 14.6.